The molecule has 1 fully saturated rings. The number of rotatable bonds is 5. The average molecular weight is 290 g/mol. The van der Waals surface area contributed by atoms with Gasteiger partial charge < -0.3 is 9.84 Å². The van der Waals surface area contributed by atoms with Crippen LogP contribution in [0.15, 0.2) is 12.1 Å². The predicted octanol–water partition coefficient (Wildman–Crippen LogP) is 4.95. The molecular formula is C19H30O2. The Morgan fingerprint density at radius 2 is 1.67 bits per heavy atom. The second-order valence-electron chi connectivity index (χ2n) is 7.26. The highest BCUT2D eigenvalue weighted by atomic mass is 16.5. The number of benzene rings is 1. The maximum absolute atomic E-state index is 11.1. The molecule has 2 nitrogen and oxygen atoms in total. The van der Waals surface area contributed by atoms with Crippen molar-refractivity contribution in [2.75, 3.05) is 7.11 Å². The lowest BCUT2D eigenvalue weighted by molar-refractivity contribution is 0.0111. The molecule has 1 aromatic rings. The van der Waals surface area contributed by atoms with Gasteiger partial charge in [0.15, 0.2) is 0 Å². The summed E-state index contributed by atoms with van der Waals surface area (Å²) in [5.41, 5.74) is 3.36. The number of ether oxygens (including phenoxy) is 1. The van der Waals surface area contributed by atoms with Gasteiger partial charge in [-0.3, -0.25) is 0 Å². The lowest BCUT2D eigenvalue weighted by atomic mass is 9.71. The number of aryl methyl sites for hydroxylation is 2. The van der Waals surface area contributed by atoms with E-state index in [0.29, 0.717) is 5.92 Å². The summed E-state index contributed by atoms with van der Waals surface area (Å²) in [6.45, 7) is 8.65. The molecule has 21 heavy (non-hydrogen) atoms. The van der Waals surface area contributed by atoms with Gasteiger partial charge in [-0.2, -0.15) is 0 Å². The van der Waals surface area contributed by atoms with Crippen molar-refractivity contribution in [3.63, 3.8) is 0 Å². The number of hydrogen-bond donors (Lipinski definition) is 1. The van der Waals surface area contributed by atoms with Crippen LogP contribution in [0.4, 0.5) is 0 Å². The van der Waals surface area contributed by atoms with Crippen LogP contribution in [-0.4, -0.2) is 12.2 Å². The lowest BCUT2D eigenvalue weighted by Crippen LogP contribution is -2.28. The van der Waals surface area contributed by atoms with Crippen molar-refractivity contribution in [2.45, 2.75) is 65.9 Å². The first kappa shape index (κ1) is 16.4. The van der Waals surface area contributed by atoms with E-state index in [-0.39, 0.29) is 11.5 Å². The summed E-state index contributed by atoms with van der Waals surface area (Å²) < 4.78 is 5.44. The fraction of sp³-hybridized carbons (Fsp3) is 0.684. The molecule has 1 N–H and O–H groups in total. The summed E-state index contributed by atoms with van der Waals surface area (Å²) in [4.78, 5) is 0. The largest absolute Gasteiger partial charge is 0.496 e. The topological polar surface area (TPSA) is 29.5 Å². The Bertz CT molecular complexity index is 461. The first-order valence-corrected chi connectivity index (χ1v) is 8.23. The normalized spacial score (nSPS) is 19.0. The van der Waals surface area contributed by atoms with E-state index in [9.17, 15) is 5.11 Å². The van der Waals surface area contributed by atoms with E-state index in [2.05, 4.69) is 39.8 Å². The van der Waals surface area contributed by atoms with Gasteiger partial charge in [0.1, 0.15) is 5.75 Å². The van der Waals surface area contributed by atoms with Gasteiger partial charge in [0.2, 0.25) is 0 Å². The summed E-state index contributed by atoms with van der Waals surface area (Å²) in [7, 11) is 1.71. The van der Waals surface area contributed by atoms with Crippen molar-refractivity contribution < 1.29 is 9.84 Å². The number of aliphatic hydroxyl groups excluding tert-OH is 1. The minimum atomic E-state index is -0.356. The summed E-state index contributed by atoms with van der Waals surface area (Å²) in [6.07, 6.45) is 5.55. The van der Waals surface area contributed by atoms with Crippen LogP contribution in [0, 0.1) is 25.2 Å². The van der Waals surface area contributed by atoms with Crippen molar-refractivity contribution in [2.24, 2.45) is 11.3 Å². The Morgan fingerprint density at radius 3 is 2.10 bits per heavy atom. The molecule has 0 saturated heterocycles. The molecule has 2 heteroatoms. The van der Waals surface area contributed by atoms with Crippen molar-refractivity contribution in [3.8, 4) is 5.75 Å². The van der Waals surface area contributed by atoms with Gasteiger partial charge in [-0.25, -0.2) is 0 Å². The summed E-state index contributed by atoms with van der Waals surface area (Å²) in [6, 6.07) is 4.22. The van der Waals surface area contributed by atoms with Gasteiger partial charge in [0.25, 0.3) is 0 Å². The van der Waals surface area contributed by atoms with Crippen molar-refractivity contribution >= 4 is 0 Å². The first-order chi connectivity index (χ1) is 9.89. The molecule has 0 bridgehead atoms. The molecule has 2 rings (SSSR count). The molecule has 1 unspecified atom stereocenters. The number of methoxy groups -OCH3 is 1. The highest BCUT2D eigenvalue weighted by Gasteiger charge is 2.41. The molecule has 118 valence electrons. The van der Waals surface area contributed by atoms with Gasteiger partial charge in [0.05, 0.1) is 13.2 Å². The fourth-order valence-electron chi connectivity index (χ4n) is 4.30. The molecule has 0 radical (unpaired) electrons. The molecule has 0 aliphatic heterocycles. The predicted molar refractivity (Wildman–Crippen MR) is 87.8 cm³/mol. The molecule has 0 spiro atoms. The van der Waals surface area contributed by atoms with E-state index in [1.165, 1.54) is 12.8 Å². The van der Waals surface area contributed by atoms with Gasteiger partial charge in [-0.1, -0.05) is 26.7 Å². The molecule has 1 atom stereocenters. The first-order valence-electron chi connectivity index (χ1n) is 8.23. The molecule has 1 saturated carbocycles. The van der Waals surface area contributed by atoms with E-state index < -0.39 is 0 Å². The molecular weight excluding hydrogens is 260 g/mol. The smallest absolute Gasteiger partial charge is 0.124 e. The summed E-state index contributed by atoms with van der Waals surface area (Å²) in [5.74, 6) is 1.56. The van der Waals surface area contributed by atoms with Crippen molar-refractivity contribution in [3.05, 3.63) is 28.8 Å². The minimum Gasteiger partial charge on any atom is -0.496 e. The van der Waals surface area contributed by atoms with Crippen LogP contribution in [0.1, 0.15) is 68.7 Å². The maximum Gasteiger partial charge on any atom is 0.124 e. The third-order valence-electron chi connectivity index (χ3n) is 5.00. The second kappa shape index (κ2) is 6.39. The van der Waals surface area contributed by atoms with E-state index in [4.69, 9.17) is 4.74 Å². The zero-order chi connectivity index (χ0) is 15.6. The van der Waals surface area contributed by atoms with E-state index in [1.54, 1.807) is 7.11 Å². The zero-order valence-electron chi connectivity index (χ0n) is 14.2. The monoisotopic (exact) mass is 290 g/mol. The van der Waals surface area contributed by atoms with Crippen LogP contribution in [-0.2, 0) is 0 Å². The van der Waals surface area contributed by atoms with E-state index >= 15 is 0 Å². The Hall–Kier alpha value is -1.02. The summed E-state index contributed by atoms with van der Waals surface area (Å²) >= 11 is 0. The molecule has 1 aromatic carbocycles. The molecule has 0 aromatic heterocycles. The molecule has 0 heterocycles. The Morgan fingerprint density at radius 1 is 1.14 bits per heavy atom. The van der Waals surface area contributed by atoms with E-state index in [1.807, 2.05) is 0 Å². The van der Waals surface area contributed by atoms with Crippen LogP contribution < -0.4 is 4.74 Å². The minimum absolute atomic E-state index is 0.0711. The number of aliphatic hydroxyl groups is 1. The highest BCUT2D eigenvalue weighted by molar-refractivity contribution is 5.44. The van der Waals surface area contributed by atoms with Crippen LogP contribution in [0.2, 0.25) is 0 Å². The van der Waals surface area contributed by atoms with Crippen molar-refractivity contribution in [1.29, 1.82) is 0 Å². The van der Waals surface area contributed by atoms with Gasteiger partial charge in [-0.15, -0.1) is 0 Å². The Kier molecular flexibility index (Phi) is 4.98. The summed E-state index contributed by atoms with van der Waals surface area (Å²) in [5, 5.41) is 11.1. The van der Waals surface area contributed by atoms with Crippen molar-refractivity contribution in [1.82, 2.24) is 0 Å². The van der Waals surface area contributed by atoms with Gasteiger partial charge in [-0.05, 0) is 67.9 Å². The Balaban J connectivity index is 2.35. The maximum atomic E-state index is 11.1. The van der Waals surface area contributed by atoms with Gasteiger partial charge >= 0.3 is 0 Å². The van der Waals surface area contributed by atoms with Crippen LogP contribution in [0.3, 0.4) is 0 Å². The Labute approximate surface area is 129 Å². The van der Waals surface area contributed by atoms with Crippen LogP contribution in [0.25, 0.3) is 0 Å². The quantitative estimate of drug-likeness (QED) is 0.831. The average Bonchev–Trinajstić information content (AvgIpc) is 2.86. The molecule has 1 aliphatic rings. The SMILES string of the molecule is COc1c(C)cc(C(O)C2(CC(C)C)CCCC2)cc1C. The molecule has 0 amide bonds. The van der Waals surface area contributed by atoms with E-state index in [0.717, 1.165) is 41.7 Å². The third-order valence-corrected chi connectivity index (χ3v) is 5.00. The fourth-order valence-corrected chi connectivity index (χ4v) is 4.30. The van der Waals surface area contributed by atoms with Crippen LogP contribution >= 0.6 is 0 Å². The standard InChI is InChI=1S/C19H30O2/c1-13(2)12-19(8-6-7-9-19)18(20)16-10-14(3)17(21-5)15(4)11-16/h10-11,13,18,20H,6-9,12H2,1-5H3. The lowest BCUT2D eigenvalue weighted by Gasteiger charge is -2.36. The zero-order valence-corrected chi connectivity index (χ0v) is 14.2. The van der Waals surface area contributed by atoms with Crippen LogP contribution in [0.5, 0.6) is 5.75 Å². The van der Waals surface area contributed by atoms with Gasteiger partial charge in [0, 0.05) is 5.41 Å². The second-order valence-corrected chi connectivity index (χ2v) is 7.26. The third kappa shape index (κ3) is 3.26. The molecule has 1 aliphatic carbocycles. The highest BCUT2D eigenvalue weighted by Crippen LogP contribution is 2.52. The number of hydrogen-bond acceptors (Lipinski definition) is 2.